The molecule has 3 atom stereocenters. The van der Waals surface area contributed by atoms with Crippen LogP contribution in [0.3, 0.4) is 0 Å². The van der Waals surface area contributed by atoms with Crippen LogP contribution in [-0.2, 0) is 9.53 Å². The molecule has 23 heavy (non-hydrogen) atoms. The second-order valence-corrected chi connectivity index (χ2v) is 6.90. The van der Waals surface area contributed by atoms with Crippen LogP contribution < -0.4 is 5.32 Å². The Morgan fingerprint density at radius 2 is 2.04 bits per heavy atom. The van der Waals surface area contributed by atoms with Crippen molar-refractivity contribution in [1.82, 2.24) is 5.32 Å². The molecule has 0 radical (unpaired) electrons. The van der Waals surface area contributed by atoms with E-state index < -0.39 is 6.10 Å². The fraction of sp³-hybridized carbons (Fsp3) is 0.529. The zero-order chi connectivity index (χ0) is 16.7. The molecule has 1 heterocycles. The number of nitrogens with one attached hydrogen (secondary N) is 1. The van der Waals surface area contributed by atoms with Gasteiger partial charge < -0.3 is 15.2 Å². The Labute approximate surface area is 140 Å². The molecule has 2 N–H and O–H groups in total. The van der Waals surface area contributed by atoms with E-state index >= 15 is 0 Å². The van der Waals surface area contributed by atoms with Crippen LogP contribution in [0.5, 0.6) is 0 Å². The van der Waals surface area contributed by atoms with E-state index in [2.05, 4.69) is 10.1 Å². The predicted molar refractivity (Wildman–Crippen MR) is 90.4 cm³/mol. The number of carbonyl (C=O) groups excluding carboxylic acids is 2. The molecule has 0 unspecified atom stereocenters. The zero-order valence-electron chi connectivity index (χ0n) is 13.2. The van der Waals surface area contributed by atoms with Crippen molar-refractivity contribution in [1.29, 1.82) is 0 Å². The molecule has 1 amide bonds. The normalized spacial score (nSPS) is 23.5. The molecule has 2 rings (SSSR count). The van der Waals surface area contributed by atoms with Crippen LogP contribution in [-0.4, -0.2) is 47.2 Å². The molecule has 5 nitrogen and oxygen atoms in total. The maximum atomic E-state index is 12.1. The van der Waals surface area contributed by atoms with Crippen molar-refractivity contribution in [2.45, 2.75) is 43.1 Å². The van der Waals surface area contributed by atoms with Gasteiger partial charge in [0.05, 0.1) is 19.3 Å². The van der Waals surface area contributed by atoms with E-state index in [0.29, 0.717) is 17.7 Å². The van der Waals surface area contributed by atoms with Crippen molar-refractivity contribution in [2.24, 2.45) is 0 Å². The summed E-state index contributed by atoms with van der Waals surface area (Å²) in [6, 6.07) is 8.79. The van der Waals surface area contributed by atoms with Crippen molar-refractivity contribution in [3.63, 3.8) is 0 Å². The van der Waals surface area contributed by atoms with Crippen molar-refractivity contribution >= 4 is 23.6 Å². The summed E-state index contributed by atoms with van der Waals surface area (Å²) in [6.45, 7) is 0. The number of ether oxygens (including phenoxy) is 1. The summed E-state index contributed by atoms with van der Waals surface area (Å²) in [7, 11) is 1.39. The molecule has 1 fully saturated rings. The summed E-state index contributed by atoms with van der Waals surface area (Å²) in [4.78, 5) is 23.2. The molecular weight excluding hydrogens is 314 g/mol. The Morgan fingerprint density at radius 3 is 2.74 bits per heavy atom. The summed E-state index contributed by atoms with van der Waals surface area (Å²) in [5.74, 6) is 0.362. The van der Waals surface area contributed by atoms with E-state index in [4.69, 9.17) is 0 Å². The topological polar surface area (TPSA) is 75.6 Å². The molecule has 1 saturated heterocycles. The second kappa shape index (κ2) is 8.93. The lowest BCUT2D eigenvalue weighted by molar-refractivity contribution is -0.140. The highest BCUT2D eigenvalue weighted by Crippen LogP contribution is 2.31. The first-order chi connectivity index (χ1) is 11.1. The number of aliphatic hydroxyl groups excluding tert-OH is 1. The minimum atomic E-state index is -0.550. The van der Waals surface area contributed by atoms with Gasteiger partial charge in [-0.3, -0.25) is 9.59 Å². The van der Waals surface area contributed by atoms with Gasteiger partial charge in [-0.25, -0.2) is 0 Å². The molecule has 0 bridgehead atoms. The van der Waals surface area contributed by atoms with E-state index in [1.807, 2.05) is 18.2 Å². The van der Waals surface area contributed by atoms with Crippen LogP contribution in [0.15, 0.2) is 30.3 Å². The molecule has 126 valence electrons. The SMILES string of the molecule is COC(=O)CCCC[C@@H]1SC[C@H](NC(=O)c2ccccc2)[C@@H]1O. The lowest BCUT2D eigenvalue weighted by Gasteiger charge is -2.19. The lowest BCUT2D eigenvalue weighted by atomic mass is 10.0. The van der Waals surface area contributed by atoms with Gasteiger partial charge in [-0.1, -0.05) is 24.6 Å². The van der Waals surface area contributed by atoms with Gasteiger partial charge in [0.25, 0.3) is 5.91 Å². The number of aliphatic hydroxyl groups is 1. The van der Waals surface area contributed by atoms with E-state index in [9.17, 15) is 14.7 Å². The average molecular weight is 337 g/mol. The van der Waals surface area contributed by atoms with E-state index in [1.165, 1.54) is 7.11 Å². The molecule has 0 aliphatic carbocycles. The molecule has 1 aliphatic rings. The van der Waals surface area contributed by atoms with Crippen LogP contribution in [0.1, 0.15) is 36.0 Å². The van der Waals surface area contributed by atoms with Crippen LogP contribution in [0.25, 0.3) is 0 Å². The second-order valence-electron chi connectivity index (χ2n) is 5.63. The fourth-order valence-electron chi connectivity index (χ4n) is 2.62. The quantitative estimate of drug-likeness (QED) is 0.588. The highest BCUT2D eigenvalue weighted by atomic mass is 32.2. The minimum absolute atomic E-state index is 0.105. The van der Waals surface area contributed by atoms with Gasteiger partial charge in [-0.2, -0.15) is 11.8 Å². The first-order valence-electron chi connectivity index (χ1n) is 7.84. The third kappa shape index (κ3) is 5.25. The monoisotopic (exact) mass is 337 g/mol. The van der Waals surface area contributed by atoms with E-state index in [0.717, 1.165) is 19.3 Å². The number of amides is 1. The van der Waals surface area contributed by atoms with Gasteiger partial charge in [0.1, 0.15) is 0 Å². The Hall–Kier alpha value is -1.53. The molecule has 6 heteroatoms. The highest BCUT2D eigenvalue weighted by Gasteiger charge is 2.35. The Morgan fingerprint density at radius 1 is 1.30 bits per heavy atom. The predicted octanol–water partition coefficient (Wildman–Crippen LogP) is 1.99. The molecule has 1 aromatic carbocycles. The third-order valence-corrected chi connectivity index (χ3v) is 5.48. The highest BCUT2D eigenvalue weighted by molar-refractivity contribution is 8.00. The smallest absolute Gasteiger partial charge is 0.305 e. The number of methoxy groups -OCH3 is 1. The molecule has 1 aromatic rings. The summed E-state index contributed by atoms with van der Waals surface area (Å²) in [5.41, 5.74) is 0.603. The van der Waals surface area contributed by atoms with Gasteiger partial charge in [0.2, 0.25) is 0 Å². The standard InChI is InChI=1S/C17H23NO4S/c1-22-15(19)10-6-5-9-14-16(20)13(11-23-14)18-17(21)12-7-3-2-4-8-12/h2-4,7-8,13-14,16,20H,5-6,9-11H2,1H3,(H,18,21)/t13-,14-,16-/m0/s1. The van der Waals surface area contributed by atoms with Gasteiger partial charge in [-0.05, 0) is 25.0 Å². The lowest BCUT2D eigenvalue weighted by Crippen LogP contribution is -2.44. The number of thioether (sulfide) groups is 1. The van der Waals surface area contributed by atoms with Crippen LogP contribution in [0, 0.1) is 0 Å². The summed E-state index contributed by atoms with van der Waals surface area (Å²) in [5, 5.41) is 13.4. The van der Waals surface area contributed by atoms with Crippen molar-refractivity contribution in [3.05, 3.63) is 35.9 Å². The average Bonchev–Trinajstić information content (AvgIpc) is 2.92. The molecule has 0 saturated carbocycles. The van der Waals surface area contributed by atoms with Crippen LogP contribution in [0.4, 0.5) is 0 Å². The number of rotatable bonds is 7. The summed E-state index contributed by atoms with van der Waals surface area (Å²) >= 11 is 1.68. The maximum absolute atomic E-state index is 12.1. The fourth-order valence-corrected chi connectivity index (χ4v) is 4.08. The van der Waals surface area contributed by atoms with Gasteiger partial charge in [0, 0.05) is 23.0 Å². The Balaban J connectivity index is 1.74. The first kappa shape index (κ1) is 17.8. The number of benzene rings is 1. The van der Waals surface area contributed by atoms with Gasteiger partial charge in [-0.15, -0.1) is 0 Å². The number of hydrogen-bond donors (Lipinski definition) is 2. The van der Waals surface area contributed by atoms with Crippen molar-refractivity contribution in [2.75, 3.05) is 12.9 Å². The molecule has 1 aliphatic heterocycles. The first-order valence-corrected chi connectivity index (χ1v) is 8.89. The van der Waals surface area contributed by atoms with E-state index in [1.54, 1.807) is 23.9 Å². The van der Waals surface area contributed by atoms with Gasteiger partial charge in [0.15, 0.2) is 0 Å². The summed E-state index contributed by atoms with van der Waals surface area (Å²) < 4.78 is 4.61. The minimum Gasteiger partial charge on any atom is -0.469 e. The molecule has 0 aromatic heterocycles. The third-order valence-electron chi connectivity index (χ3n) is 3.98. The summed E-state index contributed by atoms with van der Waals surface area (Å²) in [6.07, 6.45) is 2.32. The molecular formula is C17H23NO4S. The van der Waals surface area contributed by atoms with E-state index in [-0.39, 0.29) is 23.2 Å². The van der Waals surface area contributed by atoms with Gasteiger partial charge >= 0.3 is 5.97 Å². The number of unbranched alkanes of at least 4 members (excludes halogenated alkanes) is 1. The Kier molecular flexibility index (Phi) is 6.92. The Bertz CT molecular complexity index is 523. The number of carbonyl (C=O) groups is 2. The zero-order valence-corrected chi connectivity index (χ0v) is 14.1. The van der Waals surface area contributed by atoms with Crippen molar-refractivity contribution < 1.29 is 19.4 Å². The van der Waals surface area contributed by atoms with Crippen molar-refractivity contribution in [3.8, 4) is 0 Å². The number of esters is 1. The number of hydrogen-bond acceptors (Lipinski definition) is 5. The van der Waals surface area contributed by atoms with Crippen LogP contribution >= 0.6 is 11.8 Å². The van der Waals surface area contributed by atoms with Crippen LogP contribution in [0.2, 0.25) is 0 Å². The maximum Gasteiger partial charge on any atom is 0.305 e. The largest absolute Gasteiger partial charge is 0.469 e. The molecule has 0 spiro atoms.